The lowest BCUT2D eigenvalue weighted by Crippen LogP contribution is -2.36. The molecule has 8 heteroatoms. The second-order valence-corrected chi connectivity index (χ2v) is 9.33. The standard InChI is InChI=1S/C21H24N2O5S/c1-15-12-16-6-3-4-7-18(16)23(15)21(24)8-5-11-22(29(2,25)26)17-9-10-19-20(13-17)28-14-27-19/h3-4,6-7,9-10,13,15H,5,8,11-12,14H2,1-2H3. The molecule has 0 N–H and O–H groups in total. The van der Waals surface area contributed by atoms with Gasteiger partial charge in [-0.25, -0.2) is 8.42 Å². The van der Waals surface area contributed by atoms with E-state index < -0.39 is 10.0 Å². The normalized spacial score (nSPS) is 17.3. The Bertz CT molecular complexity index is 1040. The van der Waals surface area contributed by atoms with Gasteiger partial charge in [0, 0.05) is 30.8 Å². The molecule has 0 bridgehead atoms. The summed E-state index contributed by atoms with van der Waals surface area (Å²) < 4.78 is 36.6. The number of anilines is 2. The highest BCUT2D eigenvalue weighted by Gasteiger charge is 2.30. The van der Waals surface area contributed by atoms with Crippen molar-refractivity contribution in [2.24, 2.45) is 0 Å². The number of nitrogens with zero attached hydrogens (tertiary/aromatic N) is 2. The van der Waals surface area contributed by atoms with Gasteiger partial charge in [0.2, 0.25) is 22.7 Å². The van der Waals surface area contributed by atoms with E-state index in [4.69, 9.17) is 9.47 Å². The van der Waals surface area contributed by atoms with E-state index in [-0.39, 0.29) is 31.7 Å². The highest BCUT2D eigenvalue weighted by atomic mass is 32.2. The molecule has 0 radical (unpaired) electrons. The van der Waals surface area contributed by atoms with E-state index in [9.17, 15) is 13.2 Å². The van der Waals surface area contributed by atoms with Gasteiger partial charge in [-0.05, 0) is 43.5 Å². The minimum absolute atomic E-state index is 0.0154. The molecule has 2 aromatic carbocycles. The summed E-state index contributed by atoms with van der Waals surface area (Å²) in [7, 11) is -3.50. The maximum atomic E-state index is 12.9. The van der Waals surface area contributed by atoms with Crippen LogP contribution in [-0.4, -0.2) is 40.0 Å². The van der Waals surface area contributed by atoms with Crippen molar-refractivity contribution in [2.45, 2.75) is 32.2 Å². The summed E-state index contributed by atoms with van der Waals surface area (Å²) in [6, 6.07) is 13.1. The zero-order valence-electron chi connectivity index (χ0n) is 16.5. The molecule has 0 fully saturated rings. The second kappa shape index (κ2) is 7.59. The van der Waals surface area contributed by atoms with Gasteiger partial charge in [0.05, 0.1) is 11.9 Å². The van der Waals surface area contributed by atoms with Crippen LogP contribution >= 0.6 is 0 Å². The van der Waals surface area contributed by atoms with Crippen LogP contribution in [-0.2, 0) is 21.2 Å². The third-order valence-corrected chi connectivity index (χ3v) is 6.47. The summed E-state index contributed by atoms with van der Waals surface area (Å²) in [5, 5.41) is 0. The predicted molar refractivity (Wildman–Crippen MR) is 111 cm³/mol. The van der Waals surface area contributed by atoms with E-state index in [1.807, 2.05) is 36.1 Å². The Balaban J connectivity index is 1.44. The second-order valence-electron chi connectivity index (χ2n) is 7.42. The lowest BCUT2D eigenvalue weighted by Gasteiger charge is -2.25. The molecule has 0 spiro atoms. The summed E-state index contributed by atoms with van der Waals surface area (Å²) in [4.78, 5) is 14.7. The molecule has 0 aliphatic carbocycles. The highest BCUT2D eigenvalue weighted by molar-refractivity contribution is 7.92. The quantitative estimate of drug-likeness (QED) is 0.724. The van der Waals surface area contributed by atoms with Crippen LogP contribution in [0.25, 0.3) is 0 Å². The van der Waals surface area contributed by atoms with Crippen molar-refractivity contribution in [1.82, 2.24) is 0 Å². The fraction of sp³-hybridized carbons (Fsp3) is 0.381. The number of ether oxygens (including phenoxy) is 2. The summed E-state index contributed by atoms with van der Waals surface area (Å²) in [6.45, 7) is 2.38. The monoisotopic (exact) mass is 416 g/mol. The molecule has 29 heavy (non-hydrogen) atoms. The topological polar surface area (TPSA) is 76.2 Å². The minimum Gasteiger partial charge on any atom is -0.454 e. The number of amides is 1. The van der Waals surface area contributed by atoms with Crippen LogP contribution < -0.4 is 18.7 Å². The predicted octanol–water partition coefficient (Wildman–Crippen LogP) is 2.94. The first-order valence-corrected chi connectivity index (χ1v) is 11.5. The number of benzene rings is 2. The van der Waals surface area contributed by atoms with E-state index in [1.165, 1.54) is 9.87 Å². The van der Waals surface area contributed by atoms with Crippen molar-refractivity contribution >= 4 is 27.3 Å². The molecule has 7 nitrogen and oxygen atoms in total. The summed E-state index contributed by atoms with van der Waals surface area (Å²) >= 11 is 0. The van der Waals surface area contributed by atoms with Crippen LogP contribution in [0.4, 0.5) is 11.4 Å². The molecule has 1 atom stereocenters. The summed E-state index contributed by atoms with van der Waals surface area (Å²) in [5.74, 6) is 1.13. The largest absolute Gasteiger partial charge is 0.454 e. The molecule has 1 amide bonds. The summed E-state index contributed by atoms with van der Waals surface area (Å²) in [5.41, 5.74) is 2.64. The average molecular weight is 416 g/mol. The average Bonchev–Trinajstić information content (AvgIpc) is 3.26. The fourth-order valence-corrected chi connectivity index (χ4v) is 4.92. The molecule has 2 aromatic rings. The molecule has 0 aromatic heterocycles. The van der Waals surface area contributed by atoms with Crippen LogP contribution in [0.1, 0.15) is 25.3 Å². The molecule has 4 rings (SSSR count). The van der Waals surface area contributed by atoms with E-state index in [1.54, 1.807) is 18.2 Å². The number of para-hydroxylation sites is 1. The maximum Gasteiger partial charge on any atom is 0.232 e. The zero-order valence-corrected chi connectivity index (χ0v) is 17.3. The van der Waals surface area contributed by atoms with Crippen molar-refractivity contribution < 1.29 is 22.7 Å². The Kier molecular flexibility index (Phi) is 5.12. The molecule has 2 aliphatic heterocycles. The molecule has 0 saturated heterocycles. The third-order valence-electron chi connectivity index (χ3n) is 5.27. The van der Waals surface area contributed by atoms with Gasteiger partial charge in [-0.2, -0.15) is 0 Å². The molecular formula is C21H24N2O5S. The number of sulfonamides is 1. The zero-order chi connectivity index (χ0) is 20.6. The SMILES string of the molecule is CC1Cc2ccccc2N1C(=O)CCCN(c1ccc2c(c1)OCO2)S(C)(=O)=O. The lowest BCUT2D eigenvalue weighted by molar-refractivity contribution is -0.118. The first-order chi connectivity index (χ1) is 13.8. The van der Waals surface area contributed by atoms with Crippen LogP contribution in [0.3, 0.4) is 0 Å². The molecule has 2 heterocycles. The van der Waals surface area contributed by atoms with Crippen LogP contribution in [0.15, 0.2) is 42.5 Å². The highest BCUT2D eigenvalue weighted by Crippen LogP contribution is 2.36. The van der Waals surface area contributed by atoms with E-state index in [0.29, 0.717) is 23.6 Å². The van der Waals surface area contributed by atoms with Gasteiger partial charge in [0.1, 0.15) is 0 Å². The Morgan fingerprint density at radius 1 is 1.17 bits per heavy atom. The van der Waals surface area contributed by atoms with Crippen molar-refractivity contribution in [2.75, 3.05) is 28.8 Å². The minimum atomic E-state index is -3.50. The number of fused-ring (bicyclic) bond motifs is 2. The van der Waals surface area contributed by atoms with Gasteiger partial charge in [-0.1, -0.05) is 18.2 Å². The lowest BCUT2D eigenvalue weighted by atomic mass is 10.1. The number of carbonyl (C=O) groups excluding carboxylic acids is 1. The number of carbonyl (C=O) groups is 1. The number of hydrogen-bond donors (Lipinski definition) is 0. The third kappa shape index (κ3) is 3.89. The molecule has 2 aliphatic rings. The Morgan fingerprint density at radius 2 is 1.93 bits per heavy atom. The van der Waals surface area contributed by atoms with Crippen LogP contribution in [0.2, 0.25) is 0 Å². The number of rotatable bonds is 6. The van der Waals surface area contributed by atoms with Crippen LogP contribution in [0, 0.1) is 0 Å². The number of hydrogen-bond acceptors (Lipinski definition) is 5. The van der Waals surface area contributed by atoms with Crippen molar-refractivity contribution in [3.05, 3.63) is 48.0 Å². The van der Waals surface area contributed by atoms with E-state index >= 15 is 0 Å². The van der Waals surface area contributed by atoms with Crippen molar-refractivity contribution in [1.29, 1.82) is 0 Å². The Hall–Kier alpha value is -2.74. The Labute approximate surface area is 170 Å². The first-order valence-electron chi connectivity index (χ1n) is 9.62. The molecular weight excluding hydrogens is 392 g/mol. The molecule has 1 unspecified atom stereocenters. The van der Waals surface area contributed by atoms with E-state index in [0.717, 1.165) is 18.4 Å². The van der Waals surface area contributed by atoms with Gasteiger partial charge < -0.3 is 14.4 Å². The Morgan fingerprint density at radius 3 is 2.72 bits per heavy atom. The van der Waals surface area contributed by atoms with Gasteiger partial charge in [0.15, 0.2) is 11.5 Å². The first kappa shape index (κ1) is 19.6. The van der Waals surface area contributed by atoms with Crippen molar-refractivity contribution in [3.63, 3.8) is 0 Å². The van der Waals surface area contributed by atoms with Crippen LogP contribution in [0.5, 0.6) is 11.5 Å². The van der Waals surface area contributed by atoms with E-state index in [2.05, 4.69) is 0 Å². The van der Waals surface area contributed by atoms with Gasteiger partial charge in [-0.3, -0.25) is 9.10 Å². The van der Waals surface area contributed by atoms with Gasteiger partial charge in [-0.15, -0.1) is 0 Å². The van der Waals surface area contributed by atoms with Gasteiger partial charge in [0.25, 0.3) is 0 Å². The smallest absolute Gasteiger partial charge is 0.232 e. The molecule has 154 valence electrons. The molecule has 0 saturated carbocycles. The van der Waals surface area contributed by atoms with Crippen molar-refractivity contribution in [3.8, 4) is 11.5 Å². The van der Waals surface area contributed by atoms with Gasteiger partial charge >= 0.3 is 0 Å². The maximum absolute atomic E-state index is 12.9. The fourth-order valence-electron chi connectivity index (χ4n) is 3.97. The summed E-state index contributed by atoms with van der Waals surface area (Å²) in [6.07, 6.45) is 2.70.